The van der Waals surface area contributed by atoms with E-state index in [1.165, 1.54) is 28.4 Å². The number of fused-ring (bicyclic) bond motifs is 1. The zero-order valence-corrected chi connectivity index (χ0v) is 24.9. The van der Waals surface area contributed by atoms with E-state index in [0.717, 1.165) is 39.3 Å². The Hall–Kier alpha value is -4.64. The number of benzene rings is 3. The molecule has 6 rings (SSSR count). The first kappa shape index (κ1) is 29.4. The first-order valence-electron chi connectivity index (χ1n) is 14.2. The van der Waals surface area contributed by atoms with Crippen molar-refractivity contribution in [1.29, 1.82) is 0 Å². The fourth-order valence-electron chi connectivity index (χ4n) is 5.07. The van der Waals surface area contributed by atoms with Crippen LogP contribution in [0.25, 0.3) is 20.7 Å². The van der Waals surface area contributed by atoms with Crippen LogP contribution in [0, 0.1) is 11.2 Å². The summed E-state index contributed by atoms with van der Waals surface area (Å²) in [5, 5.41) is 3.36. The molecule has 2 aromatic heterocycles. The van der Waals surface area contributed by atoms with Crippen molar-refractivity contribution in [3.05, 3.63) is 103 Å². The largest absolute Gasteiger partial charge is 0.453 e. The number of nitrogens with zero attached hydrogens (tertiary/aromatic N) is 2. The molecule has 44 heavy (non-hydrogen) atoms. The fourth-order valence-corrected chi connectivity index (χ4v) is 6.14. The molecule has 0 atom stereocenters. The van der Waals surface area contributed by atoms with E-state index in [9.17, 15) is 9.59 Å². The van der Waals surface area contributed by atoms with Gasteiger partial charge in [-0.2, -0.15) is 0 Å². The van der Waals surface area contributed by atoms with Gasteiger partial charge in [0, 0.05) is 49.1 Å². The van der Waals surface area contributed by atoms with Gasteiger partial charge in [0.05, 0.1) is 22.5 Å². The monoisotopic (exact) mass is 610 g/mol. The minimum absolute atomic E-state index is 0.00294. The van der Waals surface area contributed by atoms with Gasteiger partial charge in [-0.15, -0.1) is 11.3 Å². The number of hydrogen-bond donors (Lipinski definition) is 2. The van der Waals surface area contributed by atoms with Crippen molar-refractivity contribution in [2.75, 3.05) is 25.2 Å². The Morgan fingerprint density at radius 1 is 1.00 bits per heavy atom. The van der Waals surface area contributed by atoms with Crippen molar-refractivity contribution in [2.24, 2.45) is 11.1 Å². The molecule has 8 nitrogen and oxygen atoms in total. The molecule has 1 saturated carbocycles. The van der Waals surface area contributed by atoms with Gasteiger partial charge in [-0.25, -0.2) is 4.39 Å². The average molecular weight is 611 g/mol. The molecule has 0 aliphatic heterocycles. The maximum absolute atomic E-state index is 15.6. The highest BCUT2D eigenvalue weighted by atomic mass is 32.1. The Morgan fingerprint density at radius 2 is 1.82 bits per heavy atom. The van der Waals surface area contributed by atoms with E-state index >= 15 is 4.39 Å². The van der Waals surface area contributed by atoms with Gasteiger partial charge < -0.3 is 20.5 Å². The second-order valence-electron chi connectivity index (χ2n) is 10.6. The summed E-state index contributed by atoms with van der Waals surface area (Å²) in [7, 11) is 1.68. The number of methoxy groups -OCH3 is 1. The van der Waals surface area contributed by atoms with Gasteiger partial charge in [0.2, 0.25) is 11.8 Å². The summed E-state index contributed by atoms with van der Waals surface area (Å²) >= 11 is 1.52. The maximum atomic E-state index is 15.6. The van der Waals surface area contributed by atoms with Crippen molar-refractivity contribution in [1.82, 2.24) is 10.3 Å². The molecule has 5 aromatic rings. The number of aromatic nitrogens is 1. The van der Waals surface area contributed by atoms with Gasteiger partial charge in [-0.3, -0.25) is 19.5 Å². The second-order valence-corrected chi connectivity index (χ2v) is 11.7. The van der Waals surface area contributed by atoms with E-state index in [2.05, 4.69) is 22.4 Å². The number of para-hydroxylation sites is 1. The molecular weight excluding hydrogens is 579 g/mol. The van der Waals surface area contributed by atoms with Crippen LogP contribution in [0.2, 0.25) is 0 Å². The SMILES string of the molecule is COCCNCc1cccc(-c2cc3nccc(Oc4ccc(N(C(=O)C5(C(N)=O)CC5)c5ccccc5)cc4F)c3s2)c1. The molecule has 1 aliphatic carbocycles. The molecule has 0 unspecified atom stereocenters. The standard InChI is InChI=1S/C34H31FN4O4S/c1-42-17-16-37-21-22-6-5-7-23(18-22)30-20-27-31(44-30)29(12-15-38-27)43-28-11-10-25(19-26(28)35)39(24-8-3-2-4-9-24)33(41)34(13-14-34)32(36)40/h2-12,15,18-20,37H,13-14,16-17,21H2,1H3,(H2,36,40). The van der Waals surface area contributed by atoms with E-state index in [0.29, 0.717) is 30.9 Å². The molecule has 0 spiro atoms. The number of carbonyl (C=O) groups excluding carboxylic acids is 2. The summed E-state index contributed by atoms with van der Waals surface area (Å²) in [5.41, 5.74) is 8.04. The normalized spacial score (nSPS) is 13.5. The number of hydrogen-bond acceptors (Lipinski definition) is 7. The number of rotatable bonds is 12. The number of ether oxygens (including phenoxy) is 2. The minimum atomic E-state index is -1.28. The number of thiophene rings is 1. The molecule has 1 aliphatic rings. The quantitative estimate of drug-likeness (QED) is 0.122. The molecule has 1 fully saturated rings. The third kappa shape index (κ3) is 5.92. The van der Waals surface area contributed by atoms with Crippen LogP contribution < -0.4 is 20.7 Å². The smallest absolute Gasteiger partial charge is 0.247 e. The maximum Gasteiger partial charge on any atom is 0.247 e. The van der Waals surface area contributed by atoms with E-state index in [4.69, 9.17) is 15.2 Å². The molecular formula is C34H31FN4O4S. The highest BCUT2D eigenvalue weighted by Gasteiger charge is 2.57. The zero-order valence-electron chi connectivity index (χ0n) is 24.1. The minimum Gasteiger partial charge on any atom is -0.453 e. The van der Waals surface area contributed by atoms with Crippen LogP contribution in [0.3, 0.4) is 0 Å². The molecule has 224 valence electrons. The van der Waals surface area contributed by atoms with Crippen LogP contribution in [0.4, 0.5) is 15.8 Å². The summed E-state index contributed by atoms with van der Waals surface area (Å²) in [4.78, 5) is 32.6. The summed E-state index contributed by atoms with van der Waals surface area (Å²) in [6.45, 7) is 2.13. The van der Waals surface area contributed by atoms with Crippen LogP contribution in [0.5, 0.6) is 11.5 Å². The summed E-state index contributed by atoms with van der Waals surface area (Å²) in [6, 6.07) is 25.1. The summed E-state index contributed by atoms with van der Waals surface area (Å²) < 4.78 is 27.6. The number of pyridine rings is 1. The molecule has 2 amide bonds. The Labute approximate surface area is 258 Å². The van der Waals surface area contributed by atoms with E-state index in [-0.39, 0.29) is 11.4 Å². The number of primary amides is 1. The van der Waals surface area contributed by atoms with Gasteiger partial charge in [-0.1, -0.05) is 36.4 Å². The van der Waals surface area contributed by atoms with Crippen LogP contribution in [-0.2, 0) is 20.9 Å². The van der Waals surface area contributed by atoms with E-state index < -0.39 is 23.0 Å². The van der Waals surface area contributed by atoms with Crippen LogP contribution in [0.15, 0.2) is 91.1 Å². The first-order valence-corrected chi connectivity index (χ1v) is 15.1. The van der Waals surface area contributed by atoms with Gasteiger partial charge in [0.15, 0.2) is 11.6 Å². The van der Waals surface area contributed by atoms with Crippen LogP contribution in [0.1, 0.15) is 18.4 Å². The first-order chi connectivity index (χ1) is 21.4. The number of halogens is 1. The lowest BCUT2D eigenvalue weighted by atomic mass is 10.0. The third-order valence-corrected chi connectivity index (χ3v) is 8.83. The molecule has 10 heteroatoms. The lowest BCUT2D eigenvalue weighted by Gasteiger charge is -2.26. The van der Waals surface area contributed by atoms with Gasteiger partial charge in [-0.05, 0) is 60.4 Å². The van der Waals surface area contributed by atoms with E-state index in [1.807, 2.05) is 24.3 Å². The second kappa shape index (κ2) is 12.5. The van der Waals surface area contributed by atoms with E-state index in [1.54, 1.807) is 49.7 Å². The van der Waals surface area contributed by atoms with Crippen molar-refractivity contribution in [3.63, 3.8) is 0 Å². The topological polar surface area (TPSA) is 107 Å². The van der Waals surface area contributed by atoms with Crippen molar-refractivity contribution >= 4 is 44.7 Å². The zero-order chi connectivity index (χ0) is 30.7. The molecule has 3 aromatic carbocycles. The van der Waals surface area contributed by atoms with Gasteiger partial charge in [0.1, 0.15) is 11.2 Å². The number of anilines is 2. The molecule has 2 heterocycles. The van der Waals surface area contributed by atoms with Crippen LogP contribution >= 0.6 is 11.3 Å². The van der Waals surface area contributed by atoms with Crippen LogP contribution in [-0.4, -0.2) is 37.1 Å². The summed E-state index contributed by atoms with van der Waals surface area (Å²) in [5.74, 6) is -1.34. The molecule has 0 bridgehead atoms. The Bertz CT molecular complexity index is 1820. The molecule has 0 saturated heterocycles. The van der Waals surface area contributed by atoms with Gasteiger partial charge >= 0.3 is 0 Å². The lowest BCUT2D eigenvalue weighted by Crippen LogP contribution is -2.41. The Kier molecular flexibility index (Phi) is 8.38. The lowest BCUT2D eigenvalue weighted by molar-refractivity contribution is -0.133. The molecule has 0 radical (unpaired) electrons. The number of nitrogens with two attached hydrogens (primary N) is 1. The predicted molar refractivity (Wildman–Crippen MR) is 170 cm³/mol. The number of carbonyl (C=O) groups is 2. The van der Waals surface area contributed by atoms with Gasteiger partial charge in [0.25, 0.3) is 0 Å². The Balaban J connectivity index is 1.27. The van der Waals surface area contributed by atoms with Crippen molar-refractivity contribution < 1.29 is 23.5 Å². The molecule has 3 N–H and O–H groups in total. The third-order valence-electron chi connectivity index (χ3n) is 7.64. The highest BCUT2D eigenvalue weighted by molar-refractivity contribution is 7.22. The summed E-state index contributed by atoms with van der Waals surface area (Å²) in [6.07, 6.45) is 2.36. The highest BCUT2D eigenvalue weighted by Crippen LogP contribution is 2.49. The number of amides is 2. The average Bonchev–Trinajstić information content (AvgIpc) is 3.74. The number of nitrogens with one attached hydrogen (secondary N) is 1. The Morgan fingerprint density at radius 3 is 2.55 bits per heavy atom. The van der Waals surface area contributed by atoms with Crippen molar-refractivity contribution in [3.8, 4) is 21.9 Å². The predicted octanol–water partition coefficient (Wildman–Crippen LogP) is 6.56. The fraction of sp³-hybridized carbons (Fsp3) is 0.206. The van der Waals surface area contributed by atoms with Crippen molar-refractivity contribution in [2.45, 2.75) is 19.4 Å².